The van der Waals surface area contributed by atoms with Crippen LogP contribution in [0.3, 0.4) is 0 Å². The van der Waals surface area contributed by atoms with E-state index in [2.05, 4.69) is 10.4 Å². The monoisotopic (exact) mass is 286 g/mol. The third-order valence-corrected chi connectivity index (χ3v) is 5.20. The summed E-state index contributed by atoms with van der Waals surface area (Å²) in [7, 11) is -1.32. The Labute approximate surface area is 112 Å². The molecule has 2 unspecified atom stereocenters. The molecule has 0 aliphatic carbocycles. The lowest BCUT2D eigenvalue weighted by Crippen LogP contribution is -2.50. The van der Waals surface area contributed by atoms with Crippen molar-refractivity contribution < 1.29 is 13.2 Å². The van der Waals surface area contributed by atoms with Gasteiger partial charge in [-0.3, -0.25) is 9.48 Å². The summed E-state index contributed by atoms with van der Waals surface area (Å²) in [5.41, 5.74) is 5.72. The Morgan fingerprint density at radius 1 is 1.63 bits per heavy atom. The van der Waals surface area contributed by atoms with Crippen LogP contribution < -0.4 is 11.1 Å². The number of aryl methyl sites for hydroxylation is 1. The second kappa shape index (κ2) is 4.61. The van der Waals surface area contributed by atoms with Gasteiger partial charge in [0.15, 0.2) is 9.84 Å². The third-order valence-electron chi connectivity index (χ3n) is 3.29. The molecule has 1 amide bonds. The molecule has 1 aliphatic heterocycles. The number of nitrogens with two attached hydrogens (primary N) is 1. The Morgan fingerprint density at radius 2 is 2.32 bits per heavy atom. The van der Waals surface area contributed by atoms with Crippen molar-refractivity contribution in [3.8, 4) is 0 Å². The van der Waals surface area contributed by atoms with Crippen molar-refractivity contribution in [3.05, 3.63) is 18.0 Å². The van der Waals surface area contributed by atoms with Crippen molar-refractivity contribution >= 4 is 15.7 Å². The lowest BCUT2D eigenvalue weighted by atomic mass is 10.0. The summed E-state index contributed by atoms with van der Waals surface area (Å²) in [4.78, 5) is 12.1. The van der Waals surface area contributed by atoms with E-state index in [0.717, 1.165) is 0 Å². The van der Waals surface area contributed by atoms with Crippen molar-refractivity contribution in [2.45, 2.75) is 24.9 Å². The highest BCUT2D eigenvalue weighted by atomic mass is 32.2. The van der Waals surface area contributed by atoms with Gasteiger partial charge in [-0.25, -0.2) is 8.42 Å². The molecule has 2 atom stereocenters. The average molecular weight is 286 g/mol. The molecule has 0 spiro atoms. The number of sulfone groups is 1. The number of carbonyl (C=O) groups is 1. The zero-order valence-electron chi connectivity index (χ0n) is 11.0. The van der Waals surface area contributed by atoms with Crippen LogP contribution in [0.25, 0.3) is 0 Å². The molecule has 1 fully saturated rings. The lowest BCUT2D eigenvalue weighted by Gasteiger charge is -2.25. The van der Waals surface area contributed by atoms with E-state index in [-0.39, 0.29) is 17.4 Å². The first-order valence-corrected chi connectivity index (χ1v) is 7.79. The number of hydrogen-bond donors (Lipinski definition) is 2. The van der Waals surface area contributed by atoms with Crippen LogP contribution in [0.4, 0.5) is 0 Å². The first-order valence-electron chi connectivity index (χ1n) is 5.97. The molecule has 1 aliphatic rings. The third kappa shape index (κ3) is 3.13. The summed E-state index contributed by atoms with van der Waals surface area (Å²) in [5.74, 6) is -0.315. The fraction of sp³-hybridized carbons (Fsp3) is 0.636. The van der Waals surface area contributed by atoms with E-state index in [4.69, 9.17) is 5.73 Å². The first-order chi connectivity index (χ1) is 8.71. The summed E-state index contributed by atoms with van der Waals surface area (Å²) >= 11 is 0. The standard InChI is InChI=1S/C11H18N4O3S/c1-11(3-4-19(17,18)7-11)14-10(16)9(12)8-5-13-15(2)6-8/h5-6,9H,3-4,7,12H2,1-2H3,(H,14,16). The number of hydrogen-bond acceptors (Lipinski definition) is 5. The van der Waals surface area contributed by atoms with Crippen molar-refractivity contribution in [1.29, 1.82) is 0 Å². The molecule has 19 heavy (non-hydrogen) atoms. The molecule has 0 saturated carbocycles. The molecule has 3 N–H and O–H groups in total. The highest BCUT2D eigenvalue weighted by Crippen LogP contribution is 2.23. The molecule has 0 bridgehead atoms. The van der Waals surface area contributed by atoms with Crippen molar-refractivity contribution in [3.63, 3.8) is 0 Å². The van der Waals surface area contributed by atoms with E-state index in [1.807, 2.05) is 0 Å². The van der Waals surface area contributed by atoms with Crippen molar-refractivity contribution in [2.24, 2.45) is 12.8 Å². The zero-order chi connectivity index (χ0) is 14.3. The van der Waals surface area contributed by atoms with Gasteiger partial charge in [0.2, 0.25) is 5.91 Å². The predicted octanol–water partition coefficient (Wildman–Crippen LogP) is -0.887. The molecule has 2 rings (SSSR count). The maximum Gasteiger partial charge on any atom is 0.242 e. The van der Waals surface area contributed by atoms with Gasteiger partial charge in [0.1, 0.15) is 6.04 Å². The Morgan fingerprint density at radius 3 is 2.79 bits per heavy atom. The Kier molecular flexibility index (Phi) is 3.40. The second-order valence-corrected chi connectivity index (χ2v) is 7.50. The number of amides is 1. The fourth-order valence-corrected chi connectivity index (χ4v) is 4.33. The number of rotatable bonds is 3. The molecule has 8 heteroatoms. The molecule has 1 aromatic heterocycles. The highest BCUT2D eigenvalue weighted by Gasteiger charge is 2.40. The molecular formula is C11H18N4O3S. The van der Waals surface area contributed by atoms with Gasteiger partial charge < -0.3 is 11.1 Å². The first kappa shape index (κ1) is 14.0. The molecular weight excluding hydrogens is 268 g/mol. The van der Waals surface area contributed by atoms with Crippen LogP contribution in [0.15, 0.2) is 12.4 Å². The Bertz CT molecular complexity index is 595. The molecule has 0 radical (unpaired) electrons. The van der Waals surface area contributed by atoms with Gasteiger partial charge in [0.25, 0.3) is 0 Å². The van der Waals surface area contributed by atoms with E-state index < -0.39 is 21.4 Å². The number of carbonyl (C=O) groups excluding carboxylic acids is 1. The minimum atomic E-state index is -3.06. The van der Waals surface area contributed by atoms with Crippen molar-refractivity contribution in [1.82, 2.24) is 15.1 Å². The maximum absolute atomic E-state index is 12.1. The van der Waals surface area contributed by atoms with Crippen LogP contribution in [0.2, 0.25) is 0 Å². The van der Waals surface area contributed by atoms with Gasteiger partial charge in [0, 0.05) is 18.8 Å². The van der Waals surface area contributed by atoms with Crippen molar-refractivity contribution in [2.75, 3.05) is 11.5 Å². The summed E-state index contributed by atoms with van der Waals surface area (Å²) in [5, 5.41) is 6.69. The topological polar surface area (TPSA) is 107 Å². The van der Waals surface area contributed by atoms with Crippen LogP contribution in [0.5, 0.6) is 0 Å². The number of nitrogens with one attached hydrogen (secondary N) is 1. The fourth-order valence-electron chi connectivity index (χ4n) is 2.24. The zero-order valence-corrected chi connectivity index (χ0v) is 11.8. The molecule has 106 valence electrons. The van der Waals surface area contributed by atoms with Crippen LogP contribution in [0, 0.1) is 0 Å². The molecule has 7 nitrogen and oxygen atoms in total. The van der Waals surface area contributed by atoms with Gasteiger partial charge in [-0.1, -0.05) is 0 Å². The van der Waals surface area contributed by atoms with Gasteiger partial charge in [0.05, 0.1) is 23.2 Å². The summed E-state index contributed by atoms with van der Waals surface area (Å²) in [6, 6.07) is -0.839. The second-order valence-electron chi connectivity index (χ2n) is 5.32. The normalized spacial score (nSPS) is 27.1. The van der Waals surface area contributed by atoms with E-state index >= 15 is 0 Å². The molecule has 1 saturated heterocycles. The van der Waals surface area contributed by atoms with Crippen LogP contribution in [-0.2, 0) is 21.7 Å². The quantitative estimate of drug-likeness (QED) is 0.750. The Hall–Kier alpha value is -1.41. The number of nitrogens with zero attached hydrogens (tertiary/aromatic N) is 2. The number of aromatic nitrogens is 2. The van der Waals surface area contributed by atoms with E-state index in [9.17, 15) is 13.2 Å². The SMILES string of the molecule is Cn1cc(C(N)C(=O)NC2(C)CCS(=O)(=O)C2)cn1. The van der Waals surface area contributed by atoms with Crippen LogP contribution in [0.1, 0.15) is 24.9 Å². The summed E-state index contributed by atoms with van der Waals surface area (Å²) in [6.07, 6.45) is 3.61. The van der Waals surface area contributed by atoms with E-state index in [0.29, 0.717) is 12.0 Å². The van der Waals surface area contributed by atoms with Gasteiger partial charge in [-0.05, 0) is 13.3 Å². The van der Waals surface area contributed by atoms with Crippen LogP contribution in [-0.4, -0.2) is 41.2 Å². The Balaban J connectivity index is 2.05. The average Bonchev–Trinajstić information content (AvgIpc) is 2.82. The summed E-state index contributed by atoms with van der Waals surface area (Å²) < 4.78 is 24.5. The minimum absolute atomic E-state index is 0.0362. The maximum atomic E-state index is 12.1. The van der Waals surface area contributed by atoms with Gasteiger partial charge in [-0.15, -0.1) is 0 Å². The van der Waals surface area contributed by atoms with Crippen LogP contribution >= 0.6 is 0 Å². The molecule has 2 heterocycles. The summed E-state index contributed by atoms with van der Waals surface area (Å²) in [6.45, 7) is 1.73. The lowest BCUT2D eigenvalue weighted by molar-refractivity contribution is -0.124. The largest absolute Gasteiger partial charge is 0.348 e. The molecule has 1 aromatic rings. The smallest absolute Gasteiger partial charge is 0.242 e. The van der Waals surface area contributed by atoms with Gasteiger partial charge in [-0.2, -0.15) is 5.10 Å². The van der Waals surface area contributed by atoms with E-state index in [1.54, 1.807) is 24.9 Å². The molecule has 0 aromatic carbocycles. The highest BCUT2D eigenvalue weighted by molar-refractivity contribution is 7.91. The predicted molar refractivity (Wildman–Crippen MR) is 70.0 cm³/mol. The van der Waals surface area contributed by atoms with E-state index in [1.165, 1.54) is 6.20 Å². The minimum Gasteiger partial charge on any atom is -0.348 e. The van der Waals surface area contributed by atoms with Gasteiger partial charge >= 0.3 is 0 Å².